The maximum Gasteiger partial charge on any atom is 0.258 e. The molecule has 0 aliphatic heterocycles. The molecule has 2 aromatic carbocycles. The quantitative estimate of drug-likeness (QED) is 0.333. The van der Waals surface area contributed by atoms with Crippen LogP contribution in [-0.4, -0.2) is 46.6 Å². The zero-order valence-electron chi connectivity index (χ0n) is 20.4. The van der Waals surface area contributed by atoms with Gasteiger partial charge in [-0.05, 0) is 63.7 Å². The lowest BCUT2D eigenvalue weighted by Crippen LogP contribution is -2.43. The lowest BCUT2D eigenvalue weighted by Gasteiger charge is -2.21. The first kappa shape index (κ1) is 26.4. The third-order valence-electron chi connectivity index (χ3n) is 4.73. The van der Waals surface area contributed by atoms with Crippen LogP contribution in [0.2, 0.25) is 5.02 Å². The molecule has 35 heavy (non-hydrogen) atoms. The van der Waals surface area contributed by atoms with E-state index in [1.54, 1.807) is 23.9 Å². The van der Waals surface area contributed by atoms with E-state index in [0.29, 0.717) is 46.0 Å². The number of methoxy groups -OCH3 is 1. The zero-order valence-corrected chi connectivity index (χ0v) is 22.0. The number of halogens is 1. The van der Waals surface area contributed by atoms with E-state index in [4.69, 9.17) is 38.0 Å². The third kappa shape index (κ3) is 6.89. The van der Waals surface area contributed by atoms with E-state index >= 15 is 0 Å². The Morgan fingerprint density at radius 2 is 1.89 bits per heavy atom. The number of H-pyrrole nitrogens is 1. The first-order chi connectivity index (χ1) is 16.6. The largest absolute Gasteiger partial charge is 0.496 e. The van der Waals surface area contributed by atoms with E-state index in [0.717, 1.165) is 11.1 Å². The predicted octanol–water partition coefficient (Wildman–Crippen LogP) is 4.71. The molecule has 0 fully saturated rings. The maximum atomic E-state index is 12.2. The van der Waals surface area contributed by atoms with Gasteiger partial charge in [0.05, 0.1) is 25.8 Å². The molecule has 0 radical (unpaired) electrons. The summed E-state index contributed by atoms with van der Waals surface area (Å²) in [6.07, 6.45) is 0. The molecule has 3 aromatic rings. The summed E-state index contributed by atoms with van der Waals surface area (Å²) in [5, 5.41) is 10.5. The van der Waals surface area contributed by atoms with Crippen LogP contribution in [0.25, 0.3) is 11.4 Å². The first-order valence-corrected chi connectivity index (χ1v) is 11.8. The summed E-state index contributed by atoms with van der Waals surface area (Å²) in [6.45, 7) is 8.16. The van der Waals surface area contributed by atoms with E-state index < -0.39 is 0 Å². The summed E-state index contributed by atoms with van der Waals surface area (Å²) >= 11 is 12.0. The minimum absolute atomic E-state index is 0.155. The average molecular weight is 520 g/mol. The number of amides is 1. The molecule has 188 valence electrons. The van der Waals surface area contributed by atoms with E-state index in [-0.39, 0.29) is 18.1 Å². The zero-order chi connectivity index (χ0) is 25.6. The van der Waals surface area contributed by atoms with Crippen molar-refractivity contribution in [1.29, 1.82) is 0 Å². The molecular formula is C24H30ClN5O4S. The van der Waals surface area contributed by atoms with Crippen LogP contribution in [-0.2, 0) is 11.3 Å². The number of ether oxygens (including phenoxy) is 3. The Labute approximate surface area is 214 Å². The Morgan fingerprint density at radius 1 is 1.17 bits per heavy atom. The second kappa shape index (κ2) is 11.5. The van der Waals surface area contributed by atoms with Gasteiger partial charge in [-0.25, -0.2) is 9.77 Å². The van der Waals surface area contributed by atoms with E-state index in [1.807, 2.05) is 52.0 Å². The second-order valence-electron chi connectivity index (χ2n) is 8.63. The Morgan fingerprint density at radius 3 is 2.57 bits per heavy atom. The molecule has 0 aliphatic carbocycles. The molecule has 0 atom stereocenters. The summed E-state index contributed by atoms with van der Waals surface area (Å²) < 4.78 is 19.0. The van der Waals surface area contributed by atoms with Crippen molar-refractivity contribution in [2.24, 2.45) is 0 Å². The Hall–Kier alpha value is -3.24. The second-order valence-corrected chi connectivity index (χ2v) is 9.43. The Bertz CT molecular complexity index is 1240. The van der Waals surface area contributed by atoms with E-state index in [2.05, 4.69) is 20.9 Å². The molecule has 0 unspecified atom stereocenters. The molecule has 9 nitrogen and oxygen atoms in total. The van der Waals surface area contributed by atoms with Crippen molar-refractivity contribution in [1.82, 2.24) is 20.2 Å². The average Bonchev–Trinajstić information content (AvgIpc) is 3.17. The summed E-state index contributed by atoms with van der Waals surface area (Å²) in [6, 6.07) is 10.9. The number of hydrogen-bond acceptors (Lipinski definition) is 7. The van der Waals surface area contributed by atoms with Gasteiger partial charge in [-0.3, -0.25) is 4.79 Å². The molecule has 11 heteroatoms. The standard InChI is InChI=1S/C24H30ClN5O4S/c1-6-33-19-11-15(17(25)12-20(19)34-14-21(31)27-24(2,3)4)13-26-30-22(28-29-23(30)35)16-9-7-8-10-18(16)32-5/h7-12,26H,6,13-14H2,1-5H3,(H,27,31)(H,29,35). The monoisotopic (exact) mass is 519 g/mol. The van der Waals surface area contributed by atoms with Crippen molar-refractivity contribution in [3.8, 4) is 28.6 Å². The van der Waals surface area contributed by atoms with Crippen molar-refractivity contribution < 1.29 is 19.0 Å². The summed E-state index contributed by atoms with van der Waals surface area (Å²) in [5.41, 5.74) is 4.42. The molecule has 0 bridgehead atoms. The highest BCUT2D eigenvalue weighted by atomic mass is 35.5. The summed E-state index contributed by atoms with van der Waals surface area (Å²) in [5.74, 6) is 1.87. The molecular weight excluding hydrogens is 490 g/mol. The topological polar surface area (TPSA) is 102 Å². The third-order valence-corrected chi connectivity index (χ3v) is 5.36. The van der Waals surface area contributed by atoms with Gasteiger partial charge in [0.2, 0.25) is 4.77 Å². The highest BCUT2D eigenvalue weighted by molar-refractivity contribution is 7.71. The van der Waals surface area contributed by atoms with Crippen LogP contribution >= 0.6 is 23.8 Å². The summed E-state index contributed by atoms with van der Waals surface area (Å²) in [4.78, 5) is 12.2. The van der Waals surface area contributed by atoms with Crippen LogP contribution in [0.3, 0.4) is 0 Å². The number of aromatic nitrogens is 3. The predicted molar refractivity (Wildman–Crippen MR) is 138 cm³/mol. The van der Waals surface area contributed by atoms with Gasteiger partial charge in [0.1, 0.15) is 5.75 Å². The van der Waals surface area contributed by atoms with Gasteiger partial charge in [-0.1, -0.05) is 23.7 Å². The van der Waals surface area contributed by atoms with Crippen LogP contribution in [0.5, 0.6) is 17.2 Å². The lowest BCUT2D eigenvalue weighted by atomic mass is 10.1. The molecule has 0 aliphatic rings. The molecule has 0 saturated carbocycles. The summed E-state index contributed by atoms with van der Waals surface area (Å²) in [7, 11) is 1.60. The number of benzene rings is 2. The Kier molecular flexibility index (Phi) is 8.63. The van der Waals surface area contributed by atoms with Gasteiger partial charge >= 0.3 is 0 Å². The fourth-order valence-electron chi connectivity index (χ4n) is 3.31. The van der Waals surface area contributed by atoms with Gasteiger partial charge in [-0.15, -0.1) is 0 Å². The van der Waals surface area contributed by atoms with Crippen LogP contribution in [0.15, 0.2) is 36.4 Å². The first-order valence-electron chi connectivity index (χ1n) is 11.1. The maximum absolute atomic E-state index is 12.2. The number of nitrogens with one attached hydrogen (secondary N) is 3. The number of para-hydroxylation sites is 1. The van der Waals surface area contributed by atoms with Crippen LogP contribution in [0, 0.1) is 4.77 Å². The lowest BCUT2D eigenvalue weighted by molar-refractivity contribution is -0.124. The van der Waals surface area contributed by atoms with Crippen LogP contribution < -0.4 is 25.0 Å². The minimum Gasteiger partial charge on any atom is -0.496 e. The van der Waals surface area contributed by atoms with Crippen LogP contribution in [0.4, 0.5) is 0 Å². The van der Waals surface area contributed by atoms with Crippen molar-refractivity contribution in [3.05, 3.63) is 51.8 Å². The smallest absolute Gasteiger partial charge is 0.258 e. The number of hydrogen-bond donors (Lipinski definition) is 3. The Balaban J connectivity index is 1.81. The molecule has 1 heterocycles. The van der Waals surface area contributed by atoms with Gasteiger partial charge < -0.3 is 25.0 Å². The molecule has 3 rings (SSSR count). The fraction of sp³-hybridized carbons (Fsp3) is 0.375. The molecule has 1 aromatic heterocycles. The molecule has 3 N–H and O–H groups in total. The van der Waals surface area contributed by atoms with Crippen LogP contribution in [0.1, 0.15) is 33.3 Å². The SMILES string of the molecule is CCOc1cc(CNn2c(-c3ccccc3OC)n[nH]c2=S)c(Cl)cc1OCC(=O)NC(C)(C)C. The van der Waals surface area contributed by atoms with Gasteiger partial charge in [-0.2, -0.15) is 5.10 Å². The molecule has 0 spiro atoms. The highest BCUT2D eigenvalue weighted by Crippen LogP contribution is 2.34. The minimum atomic E-state index is -0.354. The molecule has 0 saturated heterocycles. The van der Waals surface area contributed by atoms with Crippen molar-refractivity contribution in [2.45, 2.75) is 39.8 Å². The van der Waals surface area contributed by atoms with Gasteiger partial charge in [0.25, 0.3) is 5.91 Å². The van der Waals surface area contributed by atoms with Gasteiger partial charge in [0.15, 0.2) is 23.9 Å². The fourth-order valence-corrected chi connectivity index (χ4v) is 3.73. The molecule has 1 amide bonds. The van der Waals surface area contributed by atoms with Crippen molar-refractivity contribution in [2.75, 3.05) is 25.7 Å². The number of aromatic amines is 1. The van der Waals surface area contributed by atoms with Crippen molar-refractivity contribution in [3.63, 3.8) is 0 Å². The van der Waals surface area contributed by atoms with Gasteiger partial charge in [0, 0.05) is 16.6 Å². The van der Waals surface area contributed by atoms with E-state index in [1.165, 1.54) is 0 Å². The highest BCUT2D eigenvalue weighted by Gasteiger charge is 2.18. The number of carbonyl (C=O) groups excluding carboxylic acids is 1. The van der Waals surface area contributed by atoms with Crippen molar-refractivity contribution >= 4 is 29.7 Å². The number of rotatable bonds is 10. The normalized spacial score (nSPS) is 11.1. The van der Waals surface area contributed by atoms with E-state index in [9.17, 15) is 4.79 Å². The number of carbonyl (C=O) groups is 1. The number of nitrogens with zero attached hydrogens (tertiary/aromatic N) is 2.